The Balaban J connectivity index is 2.92. The van der Waals surface area contributed by atoms with Crippen molar-refractivity contribution in [2.75, 3.05) is 18.1 Å². The zero-order chi connectivity index (χ0) is 14.6. The minimum absolute atomic E-state index is 0.191. The van der Waals surface area contributed by atoms with E-state index < -0.39 is 23.7 Å². The van der Waals surface area contributed by atoms with Gasteiger partial charge in [-0.15, -0.1) is 0 Å². The number of carbonyl (C=O) groups is 2. The van der Waals surface area contributed by atoms with Crippen LogP contribution >= 0.6 is 0 Å². The predicted octanol–water partition coefficient (Wildman–Crippen LogP) is 0.497. The van der Waals surface area contributed by atoms with Crippen molar-refractivity contribution in [3.05, 3.63) is 11.9 Å². The number of anilines is 1. The quantitative estimate of drug-likeness (QED) is 0.795. The van der Waals surface area contributed by atoms with Crippen LogP contribution in [0.1, 0.15) is 5.69 Å². The number of aryl methyl sites for hydroxylation is 1. The second-order valence-electron chi connectivity index (χ2n) is 3.50. The van der Waals surface area contributed by atoms with Crippen LogP contribution in [0.5, 0.6) is 0 Å². The van der Waals surface area contributed by atoms with Gasteiger partial charge in [-0.05, 0) is 0 Å². The molecule has 0 fully saturated rings. The molecule has 1 aromatic heterocycles. The van der Waals surface area contributed by atoms with E-state index in [0.29, 0.717) is 0 Å². The maximum atomic E-state index is 12.7. The van der Waals surface area contributed by atoms with Crippen molar-refractivity contribution in [1.82, 2.24) is 9.78 Å². The molecule has 1 rings (SSSR count). The van der Waals surface area contributed by atoms with Crippen LogP contribution in [-0.2, 0) is 22.8 Å². The average Bonchev–Trinajstić information content (AvgIpc) is 2.66. The lowest BCUT2D eigenvalue weighted by Gasteiger charge is -2.17. The van der Waals surface area contributed by atoms with Crippen molar-refractivity contribution in [3.8, 4) is 0 Å². The summed E-state index contributed by atoms with van der Waals surface area (Å²) in [4.78, 5) is 21.9. The number of halogens is 3. The highest BCUT2D eigenvalue weighted by Gasteiger charge is 2.38. The van der Waals surface area contributed by atoms with Crippen LogP contribution in [0.25, 0.3) is 0 Å². The van der Waals surface area contributed by atoms with Crippen LogP contribution < -0.4 is 10.6 Å². The Morgan fingerprint density at radius 3 is 2.74 bits per heavy atom. The average molecular weight is 280 g/mol. The molecule has 0 aromatic carbocycles. The van der Waals surface area contributed by atoms with E-state index in [9.17, 15) is 22.8 Å². The SMILES string of the molecule is Cn1cc(N(C=O)CCOC(N)=O)c(C(F)(F)F)n1. The molecule has 19 heavy (non-hydrogen) atoms. The van der Waals surface area contributed by atoms with Crippen molar-refractivity contribution in [2.24, 2.45) is 12.8 Å². The molecular weight excluding hydrogens is 269 g/mol. The largest absolute Gasteiger partial charge is 0.448 e. The molecule has 0 radical (unpaired) electrons. The van der Waals surface area contributed by atoms with Gasteiger partial charge in [0, 0.05) is 13.2 Å². The first-order valence-corrected chi connectivity index (χ1v) is 5.00. The fourth-order valence-electron chi connectivity index (χ4n) is 1.36. The molecular formula is C9H11F3N4O3. The fourth-order valence-corrected chi connectivity index (χ4v) is 1.36. The van der Waals surface area contributed by atoms with Gasteiger partial charge in [0.05, 0.1) is 12.2 Å². The van der Waals surface area contributed by atoms with Gasteiger partial charge in [0.2, 0.25) is 6.41 Å². The van der Waals surface area contributed by atoms with Crippen LogP contribution in [0.4, 0.5) is 23.7 Å². The Bertz CT molecular complexity index is 472. The Hall–Kier alpha value is -2.26. The Morgan fingerprint density at radius 2 is 2.26 bits per heavy atom. The number of carbonyl (C=O) groups excluding carboxylic acids is 2. The summed E-state index contributed by atoms with van der Waals surface area (Å²) in [5.41, 5.74) is 3.09. The van der Waals surface area contributed by atoms with Gasteiger partial charge in [0.25, 0.3) is 0 Å². The van der Waals surface area contributed by atoms with Crippen LogP contribution in [0, 0.1) is 0 Å². The van der Waals surface area contributed by atoms with Gasteiger partial charge < -0.3 is 15.4 Å². The topological polar surface area (TPSA) is 90.5 Å². The maximum Gasteiger partial charge on any atom is 0.437 e. The lowest BCUT2D eigenvalue weighted by molar-refractivity contribution is -0.141. The van der Waals surface area contributed by atoms with Gasteiger partial charge in [-0.1, -0.05) is 0 Å². The van der Waals surface area contributed by atoms with Crippen LogP contribution in [0.15, 0.2) is 6.20 Å². The highest BCUT2D eigenvalue weighted by atomic mass is 19.4. The van der Waals surface area contributed by atoms with Crippen LogP contribution in [0.2, 0.25) is 0 Å². The fraction of sp³-hybridized carbons (Fsp3) is 0.444. The summed E-state index contributed by atoms with van der Waals surface area (Å²) in [5, 5.41) is 3.25. The number of ether oxygens (including phenoxy) is 1. The lowest BCUT2D eigenvalue weighted by atomic mass is 10.3. The smallest absolute Gasteiger partial charge is 0.437 e. The minimum atomic E-state index is -4.69. The number of aromatic nitrogens is 2. The summed E-state index contributed by atoms with van der Waals surface area (Å²) in [5.74, 6) is 0. The van der Waals surface area contributed by atoms with E-state index in [1.165, 1.54) is 7.05 Å². The van der Waals surface area contributed by atoms with Crippen molar-refractivity contribution < 1.29 is 27.5 Å². The number of primary amides is 1. The zero-order valence-electron chi connectivity index (χ0n) is 9.85. The Kier molecular flexibility index (Phi) is 4.35. The molecule has 0 spiro atoms. The van der Waals surface area contributed by atoms with Gasteiger partial charge in [-0.2, -0.15) is 18.3 Å². The number of alkyl halides is 3. The van der Waals surface area contributed by atoms with E-state index in [-0.39, 0.29) is 19.6 Å². The molecule has 0 unspecified atom stereocenters. The van der Waals surface area contributed by atoms with E-state index in [1.54, 1.807) is 0 Å². The van der Waals surface area contributed by atoms with Gasteiger partial charge in [0.1, 0.15) is 6.61 Å². The molecule has 0 bridgehead atoms. The van der Waals surface area contributed by atoms with E-state index in [1.807, 2.05) is 0 Å². The first-order chi connectivity index (χ1) is 8.75. The maximum absolute atomic E-state index is 12.7. The summed E-state index contributed by atoms with van der Waals surface area (Å²) < 4.78 is 43.3. The molecule has 1 aromatic rings. The molecule has 0 aliphatic carbocycles. The number of nitrogens with two attached hydrogens (primary N) is 1. The Labute approximate surface area is 105 Å². The molecule has 0 saturated heterocycles. The molecule has 106 valence electrons. The standard InChI is InChI=1S/C9H11F3N4O3/c1-15-4-6(7(14-15)9(10,11)12)16(5-17)2-3-19-8(13)18/h4-5H,2-3H2,1H3,(H2,13,18). The summed E-state index contributed by atoms with van der Waals surface area (Å²) in [7, 11) is 1.29. The van der Waals surface area contributed by atoms with Crippen molar-refractivity contribution in [1.29, 1.82) is 0 Å². The number of nitrogens with zero attached hydrogens (tertiary/aromatic N) is 3. The van der Waals surface area contributed by atoms with Gasteiger partial charge in [-0.3, -0.25) is 9.48 Å². The Morgan fingerprint density at radius 1 is 1.63 bits per heavy atom. The first kappa shape index (κ1) is 14.8. The number of hydrogen-bond acceptors (Lipinski definition) is 4. The number of hydrogen-bond donors (Lipinski definition) is 1. The third-order valence-corrected chi connectivity index (χ3v) is 2.09. The van der Waals surface area contributed by atoms with Gasteiger partial charge in [-0.25, -0.2) is 4.79 Å². The second-order valence-corrected chi connectivity index (χ2v) is 3.50. The third kappa shape index (κ3) is 3.86. The minimum Gasteiger partial charge on any atom is -0.448 e. The molecule has 0 saturated carbocycles. The van der Waals surface area contributed by atoms with Gasteiger partial charge >= 0.3 is 12.3 Å². The summed E-state index contributed by atoms with van der Waals surface area (Å²) in [6.07, 6.45) is -4.53. The second kappa shape index (κ2) is 5.59. The summed E-state index contributed by atoms with van der Waals surface area (Å²) in [6.45, 7) is -0.582. The normalized spacial score (nSPS) is 11.2. The molecule has 0 aliphatic rings. The monoisotopic (exact) mass is 280 g/mol. The lowest BCUT2D eigenvalue weighted by Crippen LogP contribution is -2.29. The van der Waals surface area contributed by atoms with Crippen molar-refractivity contribution in [2.45, 2.75) is 6.18 Å². The molecule has 10 heteroatoms. The van der Waals surface area contributed by atoms with Crippen molar-refractivity contribution in [3.63, 3.8) is 0 Å². The predicted molar refractivity (Wildman–Crippen MR) is 57.2 cm³/mol. The molecule has 2 N–H and O–H groups in total. The van der Waals surface area contributed by atoms with Gasteiger partial charge in [0.15, 0.2) is 5.69 Å². The summed E-state index contributed by atoms with van der Waals surface area (Å²) >= 11 is 0. The molecule has 7 nitrogen and oxygen atoms in total. The van der Waals surface area contributed by atoms with E-state index >= 15 is 0 Å². The molecule has 0 aliphatic heterocycles. The number of rotatable bonds is 5. The highest BCUT2D eigenvalue weighted by molar-refractivity contribution is 5.76. The zero-order valence-corrected chi connectivity index (χ0v) is 9.85. The molecule has 0 atom stereocenters. The molecule has 1 heterocycles. The van der Waals surface area contributed by atoms with Crippen LogP contribution in [-0.4, -0.2) is 35.4 Å². The van der Waals surface area contributed by atoms with Crippen molar-refractivity contribution >= 4 is 18.2 Å². The van der Waals surface area contributed by atoms with E-state index in [2.05, 4.69) is 9.84 Å². The van der Waals surface area contributed by atoms with E-state index in [4.69, 9.17) is 5.73 Å². The first-order valence-electron chi connectivity index (χ1n) is 5.00. The van der Waals surface area contributed by atoms with Crippen LogP contribution in [0.3, 0.4) is 0 Å². The molecule has 2 amide bonds. The third-order valence-electron chi connectivity index (χ3n) is 2.09. The van der Waals surface area contributed by atoms with E-state index in [0.717, 1.165) is 15.8 Å². The number of amides is 2. The highest BCUT2D eigenvalue weighted by Crippen LogP contribution is 2.34. The summed E-state index contributed by atoms with van der Waals surface area (Å²) in [6, 6.07) is 0.